The molecule has 1 atom stereocenters. The Morgan fingerprint density at radius 3 is 2.25 bits per heavy atom. The Labute approximate surface area is 75.5 Å². The smallest absolute Gasteiger partial charge is 0.154 e. The zero-order chi connectivity index (χ0) is 9.78. The molecule has 0 radical (unpaired) electrons. The number of carbonyl (C=O) groups is 1. The first-order valence-corrected chi connectivity index (χ1v) is 4.69. The van der Waals surface area contributed by atoms with Crippen LogP contribution in [-0.4, -0.2) is 11.8 Å². The SMILES string of the molecule is CCCC[C@H](N)C(=O)C(C)(C)C. The largest absolute Gasteiger partial charge is 0.321 e. The van der Waals surface area contributed by atoms with Crippen LogP contribution in [0.2, 0.25) is 0 Å². The zero-order valence-electron chi connectivity index (χ0n) is 8.68. The van der Waals surface area contributed by atoms with Crippen LogP contribution in [0.3, 0.4) is 0 Å². The second kappa shape index (κ2) is 4.61. The first kappa shape index (κ1) is 11.6. The number of rotatable bonds is 4. The quantitative estimate of drug-likeness (QED) is 0.704. The molecule has 0 aliphatic carbocycles. The van der Waals surface area contributed by atoms with Gasteiger partial charge in [0.25, 0.3) is 0 Å². The topological polar surface area (TPSA) is 43.1 Å². The van der Waals surface area contributed by atoms with Crippen LogP contribution in [0.1, 0.15) is 47.0 Å². The van der Waals surface area contributed by atoms with Gasteiger partial charge in [0.05, 0.1) is 6.04 Å². The zero-order valence-corrected chi connectivity index (χ0v) is 8.68. The molecular formula is C10H21NO. The van der Waals surface area contributed by atoms with Crippen LogP contribution in [0.4, 0.5) is 0 Å². The van der Waals surface area contributed by atoms with Gasteiger partial charge in [0.1, 0.15) is 0 Å². The lowest BCUT2D eigenvalue weighted by Crippen LogP contribution is -2.38. The Balaban J connectivity index is 3.94. The molecule has 0 heterocycles. The average molecular weight is 171 g/mol. The Morgan fingerprint density at radius 1 is 1.42 bits per heavy atom. The highest BCUT2D eigenvalue weighted by atomic mass is 16.1. The molecule has 0 aliphatic rings. The molecule has 0 aliphatic heterocycles. The summed E-state index contributed by atoms with van der Waals surface area (Å²) >= 11 is 0. The number of Topliss-reactive ketones (excluding diaryl/α,β-unsaturated/α-hetero) is 1. The van der Waals surface area contributed by atoms with Crippen LogP contribution in [-0.2, 0) is 4.79 Å². The lowest BCUT2D eigenvalue weighted by Gasteiger charge is -2.21. The molecule has 0 aromatic heterocycles. The fraction of sp³-hybridized carbons (Fsp3) is 0.900. The molecule has 0 bridgehead atoms. The number of hydrogen-bond donors (Lipinski definition) is 1. The molecule has 0 amide bonds. The van der Waals surface area contributed by atoms with Crippen LogP contribution in [0.15, 0.2) is 0 Å². The van der Waals surface area contributed by atoms with E-state index in [0.29, 0.717) is 0 Å². The number of unbranched alkanes of at least 4 members (excludes halogenated alkanes) is 1. The van der Waals surface area contributed by atoms with Gasteiger partial charge >= 0.3 is 0 Å². The van der Waals surface area contributed by atoms with Gasteiger partial charge in [-0.15, -0.1) is 0 Å². The first-order chi connectivity index (χ1) is 5.39. The van der Waals surface area contributed by atoms with E-state index < -0.39 is 0 Å². The van der Waals surface area contributed by atoms with Crippen LogP contribution < -0.4 is 5.73 Å². The standard InChI is InChI=1S/C10H21NO/c1-5-6-7-8(11)9(12)10(2,3)4/h8H,5-7,11H2,1-4H3/t8-/m0/s1. The van der Waals surface area contributed by atoms with E-state index in [4.69, 9.17) is 5.73 Å². The highest BCUT2D eigenvalue weighted by molar-refractivity contribution is 5.88. The molecule has 0 aromatic rings. The maximum atomic E-state index is 11.5. The summed E-state index contributed by atoms with van der Waals surface area (Å²) in [4.78, 5) is 11.5. The predicted molar refractivity (Wildman–Crippen MR) is 52.0 cm³/mol. The fourth-order valence-corrected chi connectivity index (χ4v) is 1.11. The summed E-state index contributed by atoms with van der Waals surface area (Å²) in [5.41, 5.74) is 5.46. The van der Waals surface area contributed by atoms with Gasteiger partial charge in [0.2, 0.25) is 0 Å². The van der Waals surface area contributed by atoms with Gasteiger partial charge in [-0.05, 0) is 6.42 Å². The third kappa shape index (κ3) is 3.86. The van der Waals surface area contributed by atoms with Crippen LogP contribution >= 0.6 is 0 Å². The number of carbonyl (C=O) groups excluding carboxylic acids is 1. The summed E-state index contributed by atoms with van der Waals surface area (Å²) in [6, 6.07) is -0.259. The lowest BCUT2D eigenvalue weighted by atomic mass is 9.85. The maximum absolute atomic E-state index is 11.5. The van der Waals surface area contributed by atoms with Gasteiger partial charge in [-0.1, -0.05) is 40.5 Å². The summed E-state index contributed by atoms with van der Waals surface area (Å²) in [7, 11) is 0. The average Bonchev–Trinajstić information content (AvgIpc) is 1.97. The number of hydrogen-bond acceptors (Lipinski definition) is 2. The highest BCUT2D eigenvalue weighted by Crippen LogP contribution is 2.17. The third-order valence-electron chi connectivity index (χ3n) is 1.94. The molecule has 0 rings (SSSR count). The van der Waals surface area contributed by atoms with Gasteiger partial charge in [-0.2, -0.15) is 0 Å². The van der Waals surface area contributed by atoms with Crippen molar-refractivity contribution in [1.29, 1.82) is 0 Å². The van der Waals surface area contributed by atoms with Crippen molar-refractivity contribution in [1.82, 2.24) is 0 Å². The van der Waals surface area contributed by atoms with E-state index in [1.165, 1.54) is 0 Å². The number of ketones is 1. The summed E-state index contributed by atoms with van der Waals surface area (Å²) in [5, 5.41) is 0. The predicted octanol–water partition coefficient (Wildman–Crippen LogP) is 2.12. The first-order valence-electron chi connectivity index (χ1n) is 4.69. The Morgan fingerprint density at radius 2 is 1.92 bits per heavy atom. The Hall–Kier alpha value is -0.370. The third-order valence-corrected chi connectivity index (χ3v) is 1.94. The molecule has 0 unspecified atom stereocenters. The molecule has 72 valence electrons. The summed E-state index contributed by atoms with van der Waals surface area (Å²) < 4.78 is 0. The van der Waals surface area contributed by atoms with Gasteiger partial charge in [-0.3, -0.25) is 4.79 Å². The molecule has 0 saturated carbocycles. The lowest BCUT2D eigenvalue weighted by molar-refractivity contribution is -0.127. The Kier molecular flexibility index (Phi) is 4.46. The summed E-state index contributed by atoms with van der Waals surface area (Å²) in [6.07, 6.45) is 2.97. The molecule has 12 heavy (non-hydrogen) atoms. The van der Waals surface area contributed by atoms with Crippen molar-refractivity contribution < 1.29 is 4.79 Å². The van der Waals surface area contributed by atoms with E-state index in [1.807, 2.05) is 20.8 Å². The van der Waals surface area contributed by atoms with E-state index >= 15 is 0 Å². The van der Waals surface area contributed by atoms with Crippen LogP contribution in [0.25, 0.3) is 0 Å². The fourth-order valence-electron chi connectivity index (χ4n) is 1.11. The van der Waals surface area contributed by atoms with E-state index in [-0.39, 0.29) is 17.2 Å². The molecule has 2 heteroatoms. The van der Waals surface area contributed by atoms with Crippen molar-refractivity contribution in [3.8, 4) is 0 Å². The minimum atomic E-state index is -0.285. The van der Waals surface area contributed by atoms with Crippen molar-refractivity contribution in [2.75, 3.05) is 0 Å². The highest BCUT2D eigenvalue weighted by Gasteiger charge is 2.26. The molecular weight excluding hydrogens is 150 g/mol. The van der Waals surface area contributed by atoms with E-state index in [1.54, 1.807) is 0 Å². The van der Waals surface area contributed by atoms with Crippen molar-refractivity contribution in [3.05, 3.63) is 0 Å². The molecule has 0 spiro atoms. The van der Waals surface area contributed by atoms with Crippen molar-refractivity contribution in [3.63, 3.8) is 0 Å². The molecule has 2 nitrogen and oxygen atoms in total. The van der Waals surface area contributed by atoms with Crippen molar-refractivity contribution in [2.24, 2.45) is 11.1 Å². The van der Waals surface area contributed by atoms with Crippen LogP contribution in [0.5, 0.6) is 0 Å². The van der Waals surface area contributed by atoms with Gasteiger partial charge in [-0.25, -0.2) is 0 Å². The second-order valence-corrected chi connectivity index (χ2v) is 4.36. The van der Waals surface area contributed by atoms with E-state index in [0.717, 1.165) is 19.3 Å². The van der Waals surface area contributed by atoms with Crippen molar-refractivity contribution >= 4 is 5.78 Å². The summed E-state index contributed by atoms with van der Waals surface area (Å²) in [6.45, 7) is 7.86. The number of nitrogens with two attached hydrogens (primary N) is 1. The van der Waals surface area contributed by atoms with Crippen LogP contribution in [0, 0.1) is 5.41 Å². The normalized spacial score (nSPS) is 14.4. The van der Waals surface area contributed by atoms with Crippen molar-refractivity contribution in [2.45, 2.75) is 53.0 Å². The van der Waals surface area contributed by atoms with E-state index in [2.05, 4.69) is 6.92 Å². The molecule has 0 aromatic carbocycles. The van der Waals surface area contributed by atoms with Gasteiger partial charge in [0, 0.05) is 5.41 Å². The van der Waals surface area contributed by atoms with E-state index in [9.17, 15) is 4.79 Å². The van der Waals surface area contributed by atoms with Gasteiger partial charge in [0.15, 0.2) is 5.78 Å². The molecule has 2 N–H and O–H groups in total. The maximum Gasteiger partial charge on any atom is 0.154 e. The molecule has 0 saturated heterocycles. The monoisotopic (exact) mass is 171 g/mol. The van der Waals surface area contributed by atoms with Gasteiger partial charge < -0.3 is 5.73 Å². The Bertz CT molecular complexity index is 146. The minimum Gasteiger partial charge on any atom is -0.321 e. The molecule has 0 fully saturated rings. The summed E-state index contributed by atoms with van der Waals surface area (Å²) in [5.74, 6) is 0.177. The minimum absolute atomic E-state index is 0.177. The second-order valence-electron chi connectivity index (χ2n) is 4.36.